The number of imidazole rings is 1. The Morgan fingerprint density at radius 2 is 2.11 bits per heavy atom. The number of halogens is 2. The third-order valence-electron chi connectivity index (χ3n) is 2.98. The summed E-state index contributed by atoms with van der Waals surface area (Å²) in [7, 11) is 1.82. The first kappa shape index (κ1) is 12.2. The van der Waals surface area contributed by atoms with Crippen molar-refractivity contribution in [3.63, 3.8) is 0 Å². The molecule has 0 saturated heterocycles. The van der Waals surface area contributed by atoms with Crippen LogP contribution in [0.3, 0.4) is 0 Å². The Balaban J connectivity index is 2.38. The van der Waals surface area contributed by atoms with Crippen LogP contribution in [0, 0.1) is 12.7 Å². The number of aryl methyl sites for hydroxylation is 2. The Labute approximate surface area is 117 Å². The van der Waals surface area contributed by atoms with E-state index >= 15 is 0 Å². The van der Waals surface area contributed by atoms with Crippen molar-refractivity contribution in [2.24, 2.45) is 7.05 Å². The van der Waals surface area contributed by atoms with Gasteiger partial charge in [-0.3, -0.25) is 4.57 Å². The van der Waals surface area contributed by atoms with Gasteiger partial charge in [0, 0.05) is 11.5 Å². The van der Waals surface area contributed by atoms with Gasteiger partial charge in [-0.1, -0.05) is 0 Å². The van der Waals surface area contributed by atoms with Gasteiger partial charge in [0.2, 0.25) is 5.95 Å². The zero-order chi connectivity index (χ0) is 13.7. The molecule has 0 unspecified atom stereocenters. The lowest BCUT2D eigenvalue weighted by Crippen LogP contribution is -2.05. The van der Waals surface area contributed by atoms with Gasteiger partial charge in [0.1, 0.15) is 11.3 Å². The second-order valence-corrected chi connectivity index (χ2v) is 5.14. The molecule has 0 amide bonds. The number of nitrogens with two attached hydrogens (primary N) is 1. The number of aromatic nitrogens is 4. The Kier molecular flexibility index (Phi) is 2.60. The fourth-order valence-electron chi connectivity index (χ4n) is 2.19. The van der Waals surface area contributed by atoms with Gasteiger partial charge in [0.15, 0.2) is 5.65 Å². The fourth-order valence-corrected chi connectivity index (χ4v) is 2.72. The predicted octanol–water partition coefficient (Wildman–Crippen LogP) is 2.55. The summed E-state index contributed by atoms with van der Waals surface area (Å²) < 4.78 is 17.3. The average molecular weight is 324 g/mol. The fraction of sp³-hybridized carbons (Fsp3) is 0.167. The molecule has 0 bridgehead atoms. The highest BCUT2D eigenvalue weighted by molar-refractivity contribution is 9.10. The molecule has 0 aliphatic rings. The molecule has 2 N–H and O–H groups in total. The van der Waals surface area contributed by atoms with E-state index in [0.29, 0.717) is 10.4 Å². The maximum absolute atomic E-state index is 13.2. The van der Waals surface area contributed by atoms with Crippen LogP contribution in [0.1, 0.15) is 5.69 Å². The molecule has 0 fully saturated rings. The van der Waals surface area contributed by atoms with E-state index in [1.54, 1.807) is 15.3 Å². The normalized spacial score (nSPS) is 11.4. The van der Waals surface area contributed by atoms with Crippen LogP contribution in [0.5, 0.6) is 0 Å². The van der Waals surface area contributed by atoms with Crippen LogP contribution in [-0.2, 0) is 7.05 Å². The number of nitrogens with zero attached hydrogens (tertiary/aromatic N) is 4. The Hall–Kier alpha value is -1.89. The monoisotopic (exact) mass is 323 g/mol. The molecule has 19 heavy (non-hydrogen) atoms. The number of benzene rings is 1. The van der Waals surface area contributed by atoms with Crippen molar-refractivity contribution in [1.29, 1.82) is 0 Å². The first-order chi connectivity index (χ1) is 8.99. The highest BCUT2D eigenvalue weighted by Gasteiger charge is 2.18. The molecule has 0 atom stereocenters. The van der Waals surface area contributed by atoms with Crippen molar-refractivity contribution in [3.8, 4) is 5.69 Å². The van der Waals surface area contributed by atoms with Crippen LogP contribution >= 0.6 is 15.9 Å². The van der Waals surface area contributed by atoms with Crippen LogP contribution in [0.2, 0.25) is 0 Å². The van der Waals surface area contributed by atoms with Crippen LogP contribution in [-0.4, -0.2) is 19.3 Å². The second kappa shape index (κ2) is 4.06. The molecule has 3 rings (SSSR count). The molecular formula is C12H11BrFN5. The van der Waals surface area contributed by atoms with Crippen LogP contribution in [0.25, 0.3) is 16.9 Å². The number of hydrogen-bond acceptors (Lipinski definition) is 3. The summed E-state index contributed by atoms with van der Waals surface area (Å²) in [6.45, 7) is 1.87. The minimum Gasteiger partial charge on any atom is -0.369 e. The van der Waals surface area contributed by atoms with Gasteiger partial charge in [0.05, 0.1) is 11.4 Å². The second-order valence-electron chi connectivity index (χ2n) is 4.28. The van der Waals surface area contributed by atoms with Gasteiger partial charge < -0.3 is 5.73 Å². The van der Waals surface area contributed by atoms with Gasteiger partial charge in [-0.25, -0.2) is 14.1 Å². The first-order valence-corrected chi connectivity index (χ1v) is 6.41. The average Bonchev–Trinajstić information content (AvgIpc) is 2.79. The van der Waals surface area contributed by atoms with E-state index in [9.17, 15) is 4.39 Å². The lowest BCUT2D eigenvalue weighted by Gasteiger charge is -2.09. The highest BCUT2D eigenvalue weighted by Crippen LogP contribution is 2.29. The predicted molar refractivity (Wildman–Crippen MR) is 74.6 cm³/mol. The Morgan fingerprint density at radius 3 is 2.79 bits per heavy atom. The zero-order valence-electron chi connectivity index (χ0n) is 10.4. The standard InChI is InChI=1S/C12H11BrFN5/c1-6-10-11(18(2)17-6)19(12(15)16-10)9-4-3-7(14)5-8(9)13/h3-5H,1-2H3,(H2,15,16). The SMILES string of the molecule is Cc1nn(C)c2c1nc(N)n2-c1ccc(F)cc1Br. The Bertz CT molecular complexity index is 789. The maximum Gasteiger partial charge on any atom is 0.207 e. The molecular weight excluding hydrogens is 313 g/mol. The lowest BCUT2D eigenvalue weighted by atomic mass is 10.3. The van der Waals surface area contributed by atoms with Crippen molar-refractivity contribution in [2.45, 2.75) is 6.92 Å². The topological polar surface area (TPSA) is 61.7 Å². The lowest BCUT2D eigenvalue weighted by molar-refractivity contribution is 0.626. The minimum atomic E-state index is -0.313. The molecule has 2 heterocycles. The van der Waals surface area contributed by atoms with E-state index in [-0.39, 0.29) is 5.82 Å². The molecule has 0 saturated carbocycles. The van der Waals surface area contributed by atoms with E-state index in [0.717, 1.165) is 22.5 Å². The van der Waals surface area contributed by atoms with Crippen molar-refractivity contribution >= 4 is 33.0 Å². The van der Waals surface area contributed by atoms with Gasteiger partial charge in [0.25, 0.3) is 0 Å². The summed E-state index contributed by atoms with van der Waals surface area (Å²) in [5, 5.41) is 4.31. The molecule has 0 spiro atoms. The van der Waals surface area contributed by atoms with E-state index in [1.807, 2.05) is 14.0 Å². The number of anilines is 1. The summed E-state index contributed by atoms with van der Waals surface area (Å²) in [4.78, 5) is 4.32. The summed E-state index contributed by atoms with van der Waals surface area (Å²) >= 11 is 3.35. The van der Waals surface area contributed by atoms with Gasteiger partial charge in [-0.2, -0.15) is 5.10 Å². The summed E-state index contributed by atoms with van der Waals surface area (Å²) in [5.74, 6) is 0.0325. The number of nitrogen functional groups attached to an aromatic ring is 1. The third kappa shape index (κ3) is 1.73. The first-order valence-electron chi connectivity index (χ1n) is 5.62. The van der Waals surface area contributed by atoms with E-state index in [2.05, 4.69) is 26.0 Å². The molecule has 2 aromatic heterocycles. The summed E-state index contributed by atoms with van der Waals surface area (Å²) in [6.07, 6.45) is 0. The van der Waals surface area contributed by atoms with Crippen molar-refractivity contribution in [1.82, 2.24) is 19.3 Å². The van der Waals surface area contributed by atoms with E-state index < -0.39 is 0 Å². The van der Waals surface area contributed by atoms with Crippen LogP contribution in [0.15, 0.2) is 22.7 Å². The highest BCUT2D eigenvalue weighted by atomic mass is 79.9. The van der Waals surface area contributed by atoms with Crippen molar-refractivity contribution in [3.05, 3.63) is 34.2 Å². The number of fused-ring (bicyclic) bond motifs is 1. The minimum absolute atomic E-state index is 0.313. The molecule has 7 heteroatoms. The molecule has 98 valence electrons. The number of hydrogen-bond donors (Lipinski definition) is 1. The van der Waals surface area contributed by atoms with Crippen molar-refractivity contribution in [2.75, 3.05) is 5.73 Å². The maximum atomic E-state index is 13.2. The van der Waals surface area contributed by atoms with Gasteiger partial charge >= 0.3 is 0 Å². The molecule has 0 radical (unpaired) electrons. The molecule has 0 aliphatic heterocycles. The van der Waals surface area contributed by atoms with Gasteiger partial charge in [-0.15, -0.1) is 0 Å². The Morgan fingerprint density at radius 1 is 1.37 bits per heavy atom. The summed E-state index contributed by atoms with van der Waals surface area (Å²) in [6, 6.07) is 4.43. The van der Waals surface area contributed by atoms with E-state index in [4.69, 9.17) is 5.73 Å². The molecule has 3 aromatic rings. The number of rotatable bonds is 1. The quantitative estimate of drug-likeness (QED) is 0.748. The molecule has 0 aliphatic carbocycles. The third-order valence-corrected chi connectivity index (χ3v) is 3.61. The largest absolute Gasteiger partial charge is 0.369 e. The van der Waals surface area contributed by atoms with Gasteiger partial charge in [-0.05, 0) is 41.1 Å². The molecule has 5 nitrogen and oxygen atoms in total. The smallest absolute Gasteiger partial charge is 0.207 e. The molecule has 1 aromatic carbocycles. The van der Waals surface area contributed by atoms with Crippen LogP contribution in [0.4, 0.5) is 10.3 Å². The summed E-state index contributed by atoms with van der Waals surface area (Å²) in [5.41, 5.74) is 9.03. The zero-order valence-corrected chi connectivity index (χ0v) is 11.9. The van der Waals surface area contributed by atoms with Crippen molar-refractivity contribution < 1.29 is 4.39 Å². The van der Waals surface area contributed by atoms with Crippen LogP contribution < -0.4 is 5.73 Å². The van der Waals surface area contributed by atoms with E-state index in [1.165, 1.54) is 12.1 Å².